The van der Waals surface area contributed by atoms with Gasteiger partial charge < -0.3 is 0 Å². The number of thioether (sulfide) groups is 1. The molecule has 0 atom stereocenters. The van der Waals surface area contributed by atoms with Crippen molar-refractivity contribution in [2.75, 3.05) is 0 Å². The lowest BCUT2D eigenvalue weighted by molar-refractivity contribution is 1.42. The van der Waals surface area contributed by atoms with Crippen LogP contribution in [0.4, 0.5) is 0 Å². The summed E-state index contributed by atoms with van der Waals surface area (Å²) in [7, 11) is 0. The highest BCUT2D eigenvalue weighted by Crippen LogP contribution is 2.20. The molecule has 0 radical (unpaired) electrons. The summed E-state index contributed by atoms with van der Waals surface area (Å²) in [4.78, 5) is 0. The van der Waals surface area contributed by atoms with E-state index in [0.717, 1.165) is 10.8 Å². The van der Waals surface area contributed by atoms with Crippen LogP contribution in [0.15, 0.2) is 36.3 Å². The lowest BCUT2D eigenvalue weighted by Gasteiger charge is -1.99. The second-order valence-electron chi connectivity index (χ2n) is 2.07. The third kappa shape index (κ3) is 2.60. The number of rotatable bonds is 3. The van der Waals surface area contributed by atoms with E-state index in [1.807, 2.05) is 29.7 Å². The summed E-state index contributed by atoms with van der Waals surface area (Å²) in [5.41, 5.74) is 1.17. The molecule has 1 aromatic carbocycles. The molecule has 0 aliphatic heterocycles. The van der Waals surface area contributed by atoms with E-state index in [0.29, 0.717) is 0 Å². The molecule has 2 heteroatoms. The van der Waals surface area contributed by atoms with Crippen LogP contribution in [0, 0.1) is 0 Å². The summed E-state index contributed by atoms with van der Waals surface area (Å²) >= 11 is 7.57. The Morgan fingerprint density at radius 2 is 2.18 bits per heavy atom. The van der Waals surface area contributed by atoms with Gasteiger partial charge in [0.1, 0.15) is 0 Å². The number of halogens is 1. The minimum atomic E-state index is 0.835. The Morgan fingerprint density at radius 3 is 2.82 bits per heavy atom. The molecule has 0 saturated heterocycles. The highest BCUT2D eigenvalue weighted by atomic mass is 35.5. The molecule has 11 heavy (non-hydrogen) atoms. The average molecular weight is 185 g/mol. The largest absolute Gasteiger partial charge is 0.130 e. The van der Waals surface area contributed by atoms with Crippen molar-refractivity contribution in [2.24, 2.45) is 0 Å². The molecular formula is C9H9ClS. The van der Waals surface area contributed by atoms with Crippen LogP contribution >= 0.6 is 23.4 Å². The Balaban J connectivity index is 2.69. The molecule has 58 valence electrons. The maximum Gasteiger partial charge on any atom is 0.0446 e. The van der Waals surface area contributed by atoms with Gasteiger partial charge in [-0.3, -0.25) is 0 Å². The van der Waals surface area contributed by atoms with Crippen LogP contribution in [-0.2, 0) is 5.75 Å². The van der Waals surface area contributed by atoms with Crippen molar-refractivity contribution in [3.05, 3.63) is 46.8 Å². The first-order chi connectivity index (χ1) is 5.34. The maximum absolute atomic E-state index is 5.91. The smallest absolute Gasteiger partial charge is 0.0446 e. The Bertz CT molecular complexity index is 245. The van der Waals surface area contributed by atoms with Crippen molar-refractivity contribution in [2.45, 2.75) is 5.75 Å². The highest BCUT2D eigenvalue weighted by Gasteiger charge is 1.95. The van der Waals surface area contributed by atoms with Crippen LogP contribution in [0.2, 0.25) is 5.02 Å². The maximum atomic E-state index is 5.91. The van der Waals surface area contributed by atoms with Crippen molar-refractivity contribution < 1.29 is 0 Å². The zero-order valence-corrected chi connectivity index (χ0v) is 7.66. The zero-order valence-electron chi connectivity index (χ0n) is 6.09. The Labute approximate surface area is 76.3 Å². The highest BCUT2D eigenvalue weighted by molar-refractivity contribution is 8.01. The molecule has 0 aliphatic rings. The van der Waals surface area contributed by atoms with Gasteiger partial charge in [0.05, 0.1) is 0 Å². The first-order valence-electron chi connectivity index (χ1n) is 3.30. The van der Waals surface area contributed by atoms with Crippen LogP contribution < -0.4 is 0 Å². The lowest BCUT2D eigenvalue weighted by Crippen LogP contribution is -1.78. The predicted molar refractivity (Wildman–Crippen MR) is 52.9 cm³/mol. The predicted octanol–water partition coefficient (Wildman–Crippen LogP) is 3.72. The third-order valence-corrected chi connectivity index (χ3v) is 2.40. The van der Waals surface area contributed by atoms with Gasteiger partial charge >= 0.3 is 0 Å². The summed E-state index contributed by atoms with van der Waals surface area (Å²) in [5.74, 6) is 0.906. The Hall–Kier alpha value is -0.400. The second kappa shape index (κ2) is 4.47. The van der Waals surface area contributed by atoms with Gasteiger partial charge in [-0.15, -0.1) is 11.8 Å². The average Bonchev–Trinajstić information content (AvgIpc) is 2.03. The van der Waals surface area contributed by atoms with Crippen molar-refractivity contribution in [1.82, 2.24) is 0 Å². The van der Waals surface area contributed by atoms with E-state index < -0.39 is 0 Å². The van der Waals surface area contributed by atoms with E-state index in [9.17, 15) is 0 Å². The van der Waals surface area contributed by atoms with E-state index in [2.05, 4.69) is 6.58 Å². The lowest BCUT2D eigenvalue weighted by atomic mass is 10.2. The monoisotopic (exact) mass is 184 g/mol. The van der Waals surface area contributed by atoms with Gasteiger partial charge in [-0.05, 0) is 17.0 Å². The minimum Gasteiger partial charge on any atom is -0.130 e. The van der Waals surface area contributed by atoms with E-state index in [1.54, 1.807) is 11.8 Å². The fourth-order valence-corrected chi connectivity index (χ4v) is 1.60. The zero-order chi connectivity index (χ0) is 8.10. The van der Waals surface area contributed by atoms with Crippen LogP contribution in [0.3, 0.4) is 0 Å². The molecular weight excluding hydrogens is 176 g/mol. The van der Waals surface area contributed by atoms with E-state index in [-0.39, 0.29) is 0 Å². The van der Waals surface area contributed by atoms with Crippen molar-refractivity contribution in [1.29, 1.82) is 0 Å². The molecule has 0 saturated carbocycles. The number of hydrogen-bond acceptors (Lipinski definition) is 1. The molecule has 0 N–H and O–H groups in total. The summed E-state index contributed by atoms with van der Waals surface area (Å²) in [6.45, 7) is 3.63. The standard InChI is InChI=1S/C9H9ClS/c1-2-11-7-8-5-3-4-6-9(8)10/h2-6H,1,7H2. The molecule has 1 rings (SSSR count). The Kier molecular flexibility index (Phi) is 3.53. The summed E-state index contributed by atoms with van der Waals surface area (Å²) < 4.78 is 0. The van der Waals surface area contributed by atoms with Crippen molar-refractivity contribution in [3.63, 3.8) is 0 Å². The summed E-state index contributed by atoms with van der Waals surface area (Å²) in [5, 5.41) is 2.66. The normalized spacial score (nSPS) is 9.55. The van der Waals surface area contributed by atoms with Gasteiger partial charge in [0, 0.05) is 10.8 Å². The first-order valence-corrected chi connectivity index (χ1v) is 4.73. The van der Waals surface area contributed by atoms with Gasteiger partial charge in [-0.1, -0.05) is 36.4 Å². The van der Waals surface area contributed by atoms with Crippen LogP contribution in [0.1, 0.15) is 5.56 Å². The summed E-state index contributed by atoms with van der Waals surface area (Å²) in [6.07, 6.45) is 0. The number of benzene rings is 1. The van der Waals surface area contributed by atoms with Crippen LogP contribution in [0.25, 0.3) is 0 Å². The SMILES string of the molecule is C=CSCc1ccccc1Cl. The van der Waals surface area contributed by atoms with Gasteiger partial charge in [0.25, 0.3) is 0 Å². The Morgan fingerprint density at radius 1 is 1.45 bits per heavy atom. The molecule has 0 bridgehead atoms. The fourth-order valence-electron chi connectivity index (χ4n) is 0.764. The summed E-state index contributed by atoms with van der Waals surface area (Å²) in [6, 6.07) is 7.86. The first kappa shape index (κ1) is 8.69. The molecule has 0 spiro atoms. The number of hydrogen-bond donors (Lipinski definition) is 0. The van der Waals surface area contributed by atoms with E-state index >= 15 is 0 Å². The van der Waals surface area contributed by atoms with Crippen LogP contribution in [-0.4, -0.2) is 0 Å². The molecule has 0 nitrogen and oxygen atoms in total. The molecule has 0 unspecified atom stereocenters. The molecule has 0 aliphatic carbocycles. The van der Waals surface area contributed by atoms with Crippen molar-refractivity contribution in [3.8, 4) is 0 Å². The van der Waals surface area contributed by atoms with Gasteiger partial charge in [0.15, 0.2) is 0 Å². The molecule has 0 aromatic heterocycles. The van der Waals surface area contributed by atoms with E-state index in [4.69, 9.17) is 11.6 Å². The van der Waals surface area contributed by atoms with E-state index in [1.165, 1.54) is 5.56 Å². The van der Waals surface area contributed by atoms with Gasteiger partial charge in [-0.2, -0.15) is 0 Å². The molecule has 0 heterocycles. The molecule has 1 aromatic rings. The van der Waals surface area contributed by atoms with Crippen LogP contribution in [0.5, 0.6) is 0 Å². The van der Waals surface area contributed by atoms with Gasteiger partial charge in [-0.25, -0.2) is 0 Å². The minimum absolute atomic E-state index is 0.835. The molecule has 0 fully saturated rings. The topological polar surface area (TPSA) is 0 Å². The second-order valence-corrected chi connectivity index (χ2v) is 3.43. The quantitative estimate of drug-likeness (QED) is 0.690. The third-order valence-electron chi connectivity index (χ3n) is 1.31. The van der Waals surface area contributed by atoms with Crippen molar-refractivity contribution >= 4 is 23.4 Å². The molecule has 0 amide bonds. The van der Waals surface area contributed by atoms with Gasteiger partial charge in [0.2, 0.25) is 0 Å². The fraction of sp³-hybridized carbons (Fsp3) is 0.111.